The van der Waals surface area contributed by atoms with Crippen molar-refractivity contribution in [2.45, 2.75) is 0 Å². The van der Waals surface area contributed by atoms with Gasteiger partial charge in [-0.3, -0.25) is 4.79 Å². The molecule has 2 heterocycles. The fourth-order valence-corrected chi connectivity index (χ4v) is 2.82. The summed E-state index contributed by atoms with van der Waals surface area (Å²) in [4.78, 5) is 14.7. The van der Waals surface area contributed by atoms with Crippen LogP contribution in [0.15, 0.2) is 46.6 Å². The van der Waals surface area contributed by atoms with E-state index in [2.05, 4.69) is 4.98 Å². The summed E-state index contributed by atoms with van der Waals surface area (Å²) < 4.78 is 0.751. The van der Waals surface area contributed by atoms with E-state index in [0.717, 1.165) is 21.3 Å². The Morgan fingerprint density at radius 3 is 2.82 bits per heavy atom. The van der Waals surface area contributed by atoms with E-state index in [1.165, 1.54) is 11.3 Å². The van der Waals surface area contributed by atoms with Gasteiger partial charge in [0.05, 0.1) is 10.4 Å². The molecule has 3 aromatic rings. The van der Waals surface area contributed by atoms with Gasteiger partial charge in [0.1, 0.15) is 0 Å². The average Bonchev–Trinajstić information content (AvgIpc) is 2.78. The van der Waals surface area contributed by atoms with Gasteiger partial charge in [0.15, 0.2) is 0 Å². The minimum atomic E-state index is -0.0626. The molecule has 1 aromatic carbocycles. The maximum Gasteiger partial charge on any atom is 0.266 e. The van der Waals surface area contributed by atoms with E-state index in [9.17, 15) is 4.79 Å². The molecular weight excluding hydrogens is 254 g/mol. The molecule has 2 aromatic heterocycles. The second-order valence-corrected chi connectivity index (χ2v) is 5.02. The summed E-state index contributed by atoms with van der Waals surface area (Å²) in [5.74, 6) is 0. The van der Waals surface area contributed by atoms with Crippen LogP contribution in [0.5, 0.6) is 0 Å². The number of rotatable bonds is 1. The highest BCUT2D eigenvalue weighted by Crippen LogP contribution is 2.27. The van der Waals surface area contributed by atoms with E-state index in [1.807, 2.05) is 41.8 Å². The Morgan fingerprint density at radius 2 is 2.00 bits per heavy atom. The molecular formula is C13H8ClNOS. The molecule has 0 fully saturated rings. The molecule has 0 saturated heterocycles. The average molecular weight is 262 g/mol. The lowest BCUT2D eigenvalue weighted by Gasteiger charge is -2.04. The summed E-state index contributed by atoms with van der Waals surface area (Å²) in [6.45, 7) is 0. The quantitative estimate of drug-likeness (QED) is 0.708. The smallest absolute Gasteiger partial charge is 0.266 e. The normalized spacial score (nSPS) is 10.9. The van der Waals surface area contributed by atoms with Crippen molar-refractivity contribution in [1.82, 2.24) is 4.98 Å². The zero-order valence-corrected chi connectivity index (χ0v) is 10.3. The predicted molar refractivity (Wildman–Crippen MR) is 72.9 cm³/mol. The van der Waals surface area contributed by atoms with Crippen LogP contribution >= 0.6 is 22.9 Å². The van der Waals surface area contributed by atoms with E-state index in [-0.39, 0.29) is 5.56 Å². The Balaban J connectivity index is 2.32. The van der Waals surface area contributed by atoms with Crippen LogP contribution in [-0.2, 0) is 0 Å². The van der Waals surface area contributed by atoms with Crippen LogP contribution in [-0.4, -0.2) is 4.98 Å². The summed E-state index contributed by atoms with van der Waals surface area (Å²) in [5.41, 5.74) is 1.54. The van der Waals surface area contributed by atoms with Crippen LogP contribution in [0.4, 0.5) is 0 Å². The van der Waals surface area contributed by atoms with Crippen molar-refractivity contribution in [2.24, 2.45) is 0 Å². The molecule has 4 heteroatoms. The van der Waals surface area contributed by atoms with Gasteiger partial charge in [0.25, 0.3) is 5.56 Å². The van der Waals surface area contributed by atoms with E-state index >= 15 is 0 Å². The number of H-pyrrole nitrogens is 1. The third-order valence-electron chi connectivity index (χ3n) is 2.61. The third-order valence-corrected chi connectivity index (χ3v) is 3.87. The Morgan fingerprint density at radius 1 is 1.18 bits per heavy atom. The summed E-state index contributed by atoms with van der Waals surface area (Å²) in [6, 6.07) is 11.4. The Kier molecular flexibility index (Phi) is 2.50. The monoisotopic (exact) mass is 261 g/mol. The Hall–Kier alpha value is -1.58. The Labute approximate surface area is 106 Å². The highest BCUT2D eigenvalue weighted by Gasteiger charge is 2.07. The van der Waals surface area contributed by atoms with Crippen LogP contribution in [0.2, 0.25) is 5.02 Å². The van der Waals surface area contributed by atoms with Gasteiger partial charge in [-0.25, -0.2) is 0 Å². The van der Waals surface area contributed by atoms with E-state index < -0.39 is 0 Å². The molecule has 84 valence electrons. The molecule has 0 aliphatic carbocycles. The SMILES string of the molecule is O=c1[nH]c(-c2ccccc2Cl)cc2ccsc12. The van der Waals surface area contributed by atoms with Crippen LogP contribution in [0.3, 0.4) is 0 Å². The largest absolute Gasteiger partial charge is 0.321 e. The number of aromatic nitrogens is 1. The third kappa shape index (κ3) is 1.77. The molecule has 0 atom stereocenters. The number of nitrogens with one attached hydrogen (secondary N) is 1. The van der Waals surface area contributed by atoms with Crippen LogP contribution < -0.4 is 5.56 Å². The summed E-state index contributed by atoms with van der Waals surface area (Å²) in [7, 11) is 0. The lowest BCUT2D eigenvalue weighted by molar-refractivity contribution is 1.29. The molecule has 3 rings (SSSR count). The van der Waals surface area contributed by atoms with Crippen molar-refractivity contribution in [2.75, 3.05) is 0 Å². The topological polar surface area (TPSA) is 32.9 Å². The van der Waals surface area contributed by atoms with Crippen molar-refractivity contribution in [3.8, 4) is 11.3 Å². The molecule has 0 bridgehead atoms. The molecule has 1 N–H and O–H groups in total. The summed E-state index contributed by atoms with van der Waals surface area (Å²) in [6.07, 6.45) is 0. The van der Waals surface area contributed by atoms with E-state index in [1.54, 1.807) is 0 Å². The second-order valence-electron chi connectivity index (χ2n) is 3.70. The molecule has 0 radical (unpaired) electrons. The predicted octanol–water partition coefficient (Wildman–Crippen LogP) is 3.91. The van der Waals surface area contributed by atoms with Crippen molar-refractivity contribution in [3.63, 3.8) is 0 Å². The first-order chi connectivity index (χ1) is 8.25. The van der Waals surface area contributed by atoms with Gasteiger partial charge in [-0.05, 0) is 23.6 Å². The number of fused-ring (bicyclic) bond motifs is 1. The number of hydrogen-bond acceptors (Lipinski definition) is 2. The fourth-order valence-electron chi connectivity index (χ4n) is 1.81. The number of pyridine rings is 1. The Bertz CT molecular complexity index is 744. The van der Waals surface area contributed by atoms with Gasteiger partial charge in [-0.15, -0.1) is 11.3 Å². The maximum absolute atomic E-state index is 11.9. The standard InChI is InChI=1S/C13H8ClNOS/c14-10-4-2-1-3-9(10)11-7-8-5-6-17-12(8)13(16)15-11/h1-7H,(H,15,16). The van der Waals surface area contributed by atoms with Gasteiger partial charge in [0, 0.05) is 16.0 Å². The fraction of sp³-hybridized carbons (Fsp3) is 0. The lowest BCUT2D eigenvalue weighted by atomic mass is 10.1. The highest BCUT2D eigenvalue weighted by atomic mass is 35.5. The van der Waals surface area contributed by atoms with Gasteiger partial charge < -0.3 is 4.98 Å². The van der Waals surface area contributed by atoms with Crippen molar-refractivity contribution < 1.29 is 0 Å². The maximum atomic E-state index is 11.9. The number of thiophene rings is 1. The van der Waals surface area contributed by atoms with Gasteiger partial charge >= 0.3 is 0 Å². The van der Waals surface area contributed by atoms with Crippen LogP contribution in [0.25, 0.3) is 21.3 Å². The summed E-state index contributed by atoms with van der Waals surface area (Å²) in [5, 5.41) is 3.50. The molecule has 2 nitrogen and oxygen atoms in total. The van der Waals surface area contributed by atoms with Crippen molar-refractivity contribution in [1.29, 1.82) is 0 Å². The highest BCUT2D eigenvalue weighted by molar-refractivity contribution is 7.17. The van der Waals surface area contributed by atoms with Gasteiger partial charge in [-0.1, -0.05) is 29.8 Å². The first-order valence-corrected chi connectivity index (χ1v) is 6.37. The second kappa shape index (κ2) is 4.02. The minimum Gasteiger partial charge on any atom is -0.321 e. The molecule has 0 aliphatic heterocycles. The number of hydrogen-bond donors (Lipinski definition) is 1. The van der Waals surface area contributed by atoms with Gasteiger partial charge in [-0.2, -0.15) is 0 Å². The van der Waals surface area contributed by atoms with Crippen molar-refractivity contribution in [3.05, 3.63) is 57.2 Å². The number of halogens is 1. The summed E-state index contributed by atoms with van der Waals surface area (Å²) >= 11 is 7.56. The van der Waals surface area contributed by atoms with Crippen LogP contribution in [0, 0.1) is 0 Å². The minimum absolute atomic E-state index is 0.0626. The van der Waals surface area contributed by atoms with Crippen molar-refractivity contribution >= 4 is 33.0 Å². The van der Waals surface area contributed by atoms with E-state index in [4.69, 9.17) is 11.6 Å². The molecule has 0 aliphatic rings. The first-order valence-electron chi connectivity index (χ1n) is 5.11. The molecule has 0 amide bonds. The molecule has 0 unspecified atom stereocenters. The van der Waals surface area contributed by atoms with Gasteiger partial charge in [0.2, 0.25) is 0 Å². The molecule has 17 heavy (non-hydrogen) atoms. The van der Waals surface area contributed by atoms with Crippen LogP contribution in [0.1, 0.15) is 0 Å². The first kappa shape index (κ1) is 10.6. The van der Waals surface area contributed by atoms with E-state index in [0.29, 0.717) is 5.02 Å². The number of aromatic amines is 1. The zero-order chi connectivity index (χ0) is 11.8. The number of benzene rings is 1. The lowest BCUT2D eigenvalue weighted by Crippen LogP contribution is -2.05. The molecule has 0 spiro atoms. The molecule has 0 saturated carbocycles. The zero-order valence-electron chi connectivity index (χ0n) is 8.74.